The zero-order chi connectivity index (χ0) is 15.2. The van der Waals surface area contributed by atoms with Gasteiger partial charge in [-0.25, -0.2) is 0 Å². The molecule has 1 heterocycles. The molecular formula is C14H16ClN3O2S. The highest BCUT2D eigenvalue weighted by Gasteiger charge is 2.09. The van der Waals surface area contributed by atoms with Crippen molar-refractivity contribution in [1.29, 1.82) is 0 Å². The molecule has 2 aromatic rings. The maximum absolute atomic E-state index is 9.96. The lowest BCUT2D eigenvalue weighted by Gasteiger charge is -2.08. The molecule has 0 aliphatic rings. The zero-order valence-electron chi connectivity index (χ0n) is 11.4. The van der Waals surface area contributed by atoms with Gasteiger partial charge >= 0.3 is 0 Å². The molecule has 0 amide bonds. The normalized spacial score (nSPS) is 13.0. The van der Waals surface area contributed by atoms with Crippen LogP contribution in [0.4, 0.5) is 5.69 Å². The van der Waals surface area contributed by atoms with Crippen LogP contribution in [0.15, 0.2) is 41.4 Å². The number of nitrogens with two attached hydrogens (primary N) is 1. The molecule has 1 unspecified atom stereocenters. The minimum absolute atomic E-state index is 0.172. The van der Waals surface area contributed by atoms with Crippen LogP contribution in [-0.2, 0) is 0 Å². The molecule has 0 saturated heterocycles. The van der Waals surface area contributed by atoms with Gasteiger partial charge in [-0.2, -0.15) is 0 Å². The van der Waals surface area contributed by atoms with Crippen LogP contribution < -0.4 is 15.8 Å². The molecule has 0 aliphatic carbocycles. The van der Waals surface area contributed by atoms with Crippen LogP contribution in [0.5, 0.6) is 5.75 Å². The standard InChI is InChI=1S/C14H16ClN3O2S/c1-20-10-4-2-9(3-5-10)18-14(16)17-8-11(19)12-6-7-13(15)21-12/h2-7,11,19H,8H2,1H3,(H3,16,17,18). The van der Waals surface area contributed by atoms with Gasteiger partial charge in [0.15, 0.2) is 5.96 Å². The van der Waals surface area contributed by atoms with E-state index in [9.17, 15) is 5.11 Å². The number of aliphatic imine (C=N–C) groups is 1. The Morgan fingerprint density at radius 2 is 2.10 bits per heavy atom. The number of aliphatic hydroxyl groups excluding tert-OH is 1. The number of hydrogen-bond acceptors (Lipinski definition) is 4. The van der Waals surface area contributed by atoms with Gasteiger partial charge in [-0.3, -0.25) is 4.99 Å². The third-order valence-electron chi connectivity index (χ3n) is 2.72. The maximum atomic E-state index is 9.96. The van der Waals surface area contributed by atoms with Crippen molar-refractivity contribution in [3.63, 3.8) is 0 Å². The van der Waals surface area contributed by atoms with Gasteiger partial charge in [0.2, 0.25) is 0 Å². The number of rotatable bonds is 5. The van der Waals surface area contributed by atoms with Crippen molar-refractivity contribution in [3.05, 3.63) is 45.6 Å². The van der Waals surface area contributed by atoms with Gasteiger partial charge in [-0.05, 0) is 36.4 Å². The predicted molar refractivity (Wildman–Crippen MR) is 87.4 cm³/mol. The van der Waals surface area contributed by atoms with Gasteiger partial charge in [0.1, 0.15) is 11.9 Å². The molecule has 0 bridgehead atoms. The fourth-order valence-electron chi connectivity index (χ4n) is 1.64. The number of guanidine groups is 1. The summed E-state index contributed by atoms with van der Waals surface area (Å²) in [4.78, 5) is 4.88. The van der Waals surface area contributed by atoms with Crippen LogP contribution >= 0.6 is 22.9 Å². The van der Waals surface area contributed by atoms with Crippen molar-refractivity contribution >= 4 is 34.6 Å². The molecular weight excluding hydrogens is 310 g/mol. The lowest BCUT2D eigenvalue weighted by molar-refractivity contribution is 0.191. The van der Waals surface area contributed by atoms with Gasteiger partial charge in [-0.15, -0.1) is 11.3 Å². The topological polar surface area (TPSA) is 79.9 Å². The second-order valence-corrected chi connectivity index (χ2v) is 5.98. The number of hydrogen-bond donors (Lipinski definition) is 3. The molecule has 1 aromatic heterocycles. The first-order chi connectivity index (χ1) is 10.1. The molecule has 0 saturated carbocycles. The van der Waals surface area contributed by atoms with Crippen LogP contribution in [0.25, 0.3) is 0 Å². The highest BCUT2D eigenvalue weighted by molar-refractivity contribution is 7.16. The zero-order valence-corrected chi connectivity index (χ0v) is 13.0. The molecule has 4 N–H and O–H groups in total. The highest BCUT2D eigenvalue weighted by atomic mass is 35.5. The summed E-state index contributed by atoms with van der Waals surface area (Å²) in [5, 5.41) is 12.9. The largest absolute Gasteiger partial charge is 0.497 e. The molecule has 0 aliphatic heterocycles. The molecule has 1 aromatic carbocycles. The van der Waals surface area contributed by atoms with E-state index in [1.54, 1.807) is 19.2 Å². The first-order valence-electron chi connectivity index (χ1n) is 6.23. The minimum Gasteiger partial charge on any atom is -0.497 e. The summed E-state index contributed by atoms with van der Waals surface area (Å²) in [6, 6.07) is 10.8. The Morgan fingerprint density at radius 3 is 2.67 bits per heavy atom. The molecule has 7 heteroatoms. The fraction of sp³-hybridized carbons (Fsp3) is 0.214. The van der Waals surface area contributed by atoms with Gasteiger partial charge in [0.25, 0.3) is 0 Å². The molecule has 0 fully saturated rings. The van der Waals surface area contributed by atoms with E-state index in [4.69, 9.17) is 22.1 Å². The summed E-state index contributed by atoms with van der Waals surface area (Å²) in [6.07, 6.45) is -0.710. The molecule has 0 radical (unpaired) electrons. The maximum Gasteiger partial charge on any atom is 0.193 e. The summed E-state index contributed by atoms with van der Waals surface area (Å²) in [6.45, 7) is 0.172. The number of nitrogens with one attached hydrogen (secondary N) is 1. The Kier molecular flexibility index (Phi) is 5.44. The minimum atomic E-state index is -0.710. The number of anilines is 1. The Balaban J connectivity index is 1.91. The number of methoxy groups -OCH3 is 1. The third-order valence-corrected chi connectivity index (χ3v) is 4.05. The average molecular weight is 326 g/mol. The summed E-state index contributed by atoms with van der Waals surface area (Å²) < 4.78 is 5.71. The van der Waals surface area contributed by atoms with Gasteiger partial charge < -0.3 is 20.9 Å². The predicted octanol–water partition coefficient (Wildman–Crippen LogP) is 2.87. The molecule has 0 spiro atoms. The highest BCUT2D eigenvalue weighted by Crippen LogP contribution is 2.26. The number of aliphatic hydroxyl groups is 1. The molecule has 1 atom stereocenters. The summed E-state index contributed by atoms with van der Waals surface area (Å²) >= 11 is 7.15. The molecule has 21 heavy (non-hydrogen) atoms. The molecule has 112 valence electrons. The lowest BCUT2D eigenvalue weighted by Crippen LogP contribution is -2.23. The monoisotopic (exact) mass is 325 g/mol. The smallest absolute Gasteiger partial charge is 0.193 e. The van der Waals surface area contributed by atoms with Gasteiger partial charge in [-0.1, -0.05) is 11.6 Å². The van der Waals surface area contributed by atoms with E-state index in [0.29, 0.717) is 4.34 Å². The van der Waals surface area contributed by atoms with Gasteiger partial charge in [0.05, 0.1) is 18.0 Å². The lowest BCUT2D eigenvalue weighted by atomic mass is 10.3. The fourth-order valence-corrected chi connectivity index (χ4v) is 2.68. The number of benzene rings is 1. The van der Waals surface area contributed by atoms with E-state index in [2.05, 4.69) is 10.3 Å². The van der Waals surface area contributed by atoms with Gasteiger partial charge in [0, 0.05) is 10.6 Å². The second kappa shape index (κ2) is 7.31. The average Bonchev–Trinajstić information content (AvgIpc) is 2.92. The first kappa shape index (κ1) is 15.6. The molecule has 2 rings (SSSR count). The molecule has 5 nitrogen and oxygen atoms in total. The van der Waals surface area contributed by atoms with Crippen LogP contribution in [-0.4, -0.2) is 24.7 Å². The van der Waals surface area contributed by atoms with E-state index < -0.39 is 6.10 Å². The van der Waals surface area contributed by atoms with Crippen LogP contribution in [0.1, 0.15) is 11.0 Å². The van der Waals surface area contributed by atoms with E-state index >= 15 is 0 Å². The van der Waals surface area contributed by atoms with E-state index in [-0.39, 0.29) is 12.5 Å². The summed E-state index contributed by atoms with van der Waals surface area (Å²) in [5.41, 5.74) is 6.58. The van der Waals surface area contributed by atoms with E-state index in [1.165, 1.54) is 11.3 Å². The number of ether oxygens (including phenoxy) is 1. The van der Waals surface area contributed by atoms with E-state index in [0.717, 1.165) is 16.3 Å². The van der Waals surface area contributed by atoms with Crippen molar-refractivity contribution in [1.82, 2.24) is 0 Å². The van der Waals surface area contributed by atoms with Crippen molar-refractivity contribution < 1.29 is 9.84 Å². The SMILES string of the molecule is COc1ccc(NC(N)=NCC(O)c2ccc(Cl)s2)cc1. The summed E-state index contributed by atoms with van der Waals surface area (Å²) in [7, 11) is 1.61. The Labute approximate surface area is 132 Å². The van der Waals surface area contributed by atoms with Crippen molar-refractivity contribution in [3.8, 4) is 5.75 Å². The van der Waals surface area contributed by atoms with Crippen molar-refractivity contribution in [2.45, 2.75) is 6.10 Å². The third kappa shape index (κ3) is 4.63. The Hall–Kier alpha value is -1.76. The van der Waals surface area contributed by atoms with Crippen molar-refractivity contribution in [2.75, 3.05) is 19.0 Å². The van der Waals surface area contributed by atoms with Crippen molar-refractivity contribution in [2.24, 2.45) is 10.7 Å². The first-order valence-corrected chi connectivity index (χ1v) is 7.42. The van der Waals surface area contributed by atoms with Crippen LogP contribution in [0.2, 0.25) is 4.34 Å². The van der Waals surface area contributed by atoms with E-state index in [1.807, 2.05) is 24.3 Å². The Morgan fingerprint density at radius 1 is 1.38 bits per heavy atom. The van der Waals surface area contributed by atoms with Crippen LogP contribution in [0, 0.1) is 0 Å². The Bertz CT molecular complexity index is 613. The number of halogens is 1. The number of thiophene rings is 1. The second-order valence-electron chi connectivity index (χ2n) is 4.24. The summed E-state index contributed by atoms with van der Waals surface area (Å²) in [5.74, 6) is 1.00. The van der Waals surface area contributed by atoms with Crippen LogP contribution in [0.3, 0.4) is 0 Å². The quantitative estimate of drug-likeness (QED) is 0.583. The number of nitrogens with zero attached hydrogens (tertiary/aromatic N) is 1.